The second kappa shape index (κ2) is 6.00. The lowest BCUT2D eigenvalue weighted by molar-refractivity contribution is 0.247. The van der Waals surface area contributed by atoms with Gasteiger partial charge >= 0.3 is 0 Å². The van der Waals surface area contributed by atoms with Gasteiger partial charge in [0.2, 0.25) is 0 Å². The number of nitrogens with zero attached hydrogens (tertiary/aromatic N) is 7. The molecule has 4 rings (SSSR count). The molecule has 1 fully saturated rings. The van der Waals surface area contributed by atoms with Crippen LogP contribution in [0.2, 0.25) is 0 Å². The topological polar surface area (TPSA) is 54.5 Å². The number of rotatable bonds is 4. The average molecular weight is 311 g/mol. The molecule has 4 heterocycles. The van der Waals surface area contributed by atoms with E-state index in [0.717, 1.165) is 56.4 Å². The van der Waals surface area contributed by atoms with Gasteiger partial charge in [-0.1, -0.05) is 0 Å². The number of hydrogen-bond acceptors (Lipinski definition) is 5. The third kappa shape index (κ3) is 2.92. The fourth-order valence-corrected chi connectivity index (χ4v) is 3.12. The van der Waals surface area contributed by atoms with E-state index in [9.17, 15) is 0 Å². The summed E-state index contributed by atoms with van der Waals surface area (Å²) in [5.41, 5.74) is 1.96. The molecule has 3 aromatic rings. The first-order valence-corrected chi connectivity index (χ1v) is 8.04. The lowest BCUT2D eigenvalue weighted by Gasteiger charge is -2.36. The van der Waals surface area contributed by atoms with Crippen molar-refractivity contribution in [2.75, 3.05) is 37.6 Å². The normalized spacial score (nSPS) is 16.3. The minimum absolute atomic E-state index is 0.919. The lowest BCUT2D eigenvalue weighted by Crippen LogP contribution is -2.47. The van der Waals surface area contributed by atoms with Crippen molar-refractivity contribution in [1.29, 1.82) is 0 Å². The number of imidazole rings is 1. The number of fused-ring (bicyclic) bond motifs is 1. The zero-order chi connectivity index (χ0) is 15.6. The van der Waals surface area contributed by atoms with Crippen LogP contribution < -0.4 is 4.90 Å². The van der Waals surface area contributed by atoms with Crippen molar-refractivity contribution in [3.63, 3.8) is 0 Å². The summed E-state index contributed by atoms with van der Waals surface area (Å²) in [5, 5.41) is 4.41. The molecule has 0 N–H and O–H groups in total. The summed E-state index contributed by atoms with van der Waals surface area (Å²) >= 11 is 0. The highest BCUT2D eigenvalue weighted by Crippen LogP contribution is 2.18. The van der Waals surface area contributed by atoms with Crippen molar-refractivity contribution in [2.24, 2.45) is 0 Å². The van der Waals surface area contributed by atoms with Crippen LogP contribution in [0.4, 0.5) is 5.82 Å². The smallest absolute Gasteiger partial charge is 0.157 e. The Morgan fingerprint density at radius 3 is 2.74 bits per heavy atom. The average Bonchev–Trinajstić information content (AvgIpc) is 3.24. The summed E-state index contributed by atoms with van der Waals surface area (Å²) in [6.07, 6.45) is 7.54. The molecule has 0 aromatic carbocycles. The van der Waals surface area contributed by atoms with Crippen LogP contribution in [0.3, 0.4) is 0 Å². The van der Waals surface area contributed by atoms with Crippen molar-refractivity contribution in [3.05, 3.63) is 42.7 Å². The molecule has 0 saturated carbocycles. The molecule has 0 spiro atoms. The summed E-state index contributed by atoms with van der Waals surface area (Å²) in [7, 11) is 0. The van der Waals surface area contributed by atoms with Gasteiger partial charge in [-0.15, -0.1) is 0 Å². The molecule has 0 amide bonds. The summed E-state index contributed by atoms with van der Waals surface area (Å²) in [6, 6.07) is 4.08. The predicted molar refractivity (Wildman–Crippen MR) is 88.6 cm³/mol. The van der Waals surface area contributed by atoms with Crippen LogP contribution in [0.15, 0.2) is 37.1 Å². The fraction of sp³-hybridized carbons (Fsp3) is 0.438. The maximum Gasteiger partial charge on any atom is 0.157 e. The Kier molecular flexibility index (Phi) is 3.70. The molecule has 7 nitrogen and oxygen atoms in total. The van der Waals surface area contributed by atoms with Gasteiger partial charge in [0.25, 0.3) is 0 Å². The second-order valence-electron chi connectivity index (χ2n) is 5.99. The van der Waals surface area contributed by atoms with Gasteiger partial charge in [0.1, 0.15) is 5.82 Å². The molecular formula is C16H21N7. The van der Waals surface area contributed by atoms with Gasteiger partial charge in [0.05, 0.1) is 12.5 Å². The Balaban J connectivity index is 1.41. The van der Waals surface area contributed by atoms with E-state index in [1.54, 1.807) is 0 Å². The highest BCUT2D eigenvalue weighted by molar-refractivity contribution is 5.50. The number of aromatic nitrogens is 5. The van der Waals surface area contributed by atoms with Gasteiger partial charge in [0.15, 0.2) is 5.65 Å². The van der Waals surface area contributed by atoms with Crippen LogP contribution >= 0.6 is 0 Å². The van der Waals surface area contributed by atoms with Gasteiger partial charge in [-0.25, -0.2) is 9.97 Å². The predicted octanol–water partition coefficient (Wildman–Crippen LogP) is 1.06. The second-order valence-corrected chi connectivity index (χ2v) is 5.99. The van der Waals surface area contributed by atoms with E-state index >= 15 is 0 Å². The van der Waals surface area contributed by atoms with Crippen molar-refractivity contribution < 1.29 is 0 Å². The van der Waals surface area contributed by atoms with Crippen molar-refractivity contribution >= 4 is 11.5 Å². The summed E-state index contributed by atoms with van der Waals surface area (Å²) in [5.74, 6) is 1.15. The van der Waals surface area contributed by atoms with Crippen molar-refractivity contribution in [3.8, 4) is 0 Å². The van der Waals surface area contributed by atoms with Gasteiger partial charge in [0, 0.05) is 69.5 Å². The van der Waals surface area contributed by atoms with Crippen LogP contribution in [0.5, 0.6) is 0 Å². The number of aryl methyl sites for hydroxylation is 1. The van der Waals surface area contributed by atoms with Crippen LogP contribution in [0.1, 0.15) is 5.69 Å². The van der Waals surface area contributed by atoms with E-state index in [1.165, 1.54) is 0 Å². The molecule has 0 unspecified atom stereocenters. The fourth-order valence-electron chi connectivity index (χ4n) is 3.12. The Morgan fingerprint density at radius 1 is 1.09 bits per heavy atom. The third-order valence-corrected chi connectivity index (χ3v) is 4.40. The zero-order valence-corrected chi connectivity index (χ0v) is 13.3. The Hall–Kier alpha value is -2.41. The first-order chi connectivity index (χ1) is 11.3. The van der Waals surface area contributed by atoms with Crippen LogP contribution in [-0.2, 0) is 6.54 Å². The molecule has 0 radical (unpaired) electrons. The van der Waals surface area contributed by atoms with E-state index in [2.05, 4.69) is 35.5 Å². The first kappa shape index (κ1) is 14.2. The van der Waals surface area contributed by atoms with Crippen LogP contribution in [0, 0.1) is 6.92 Å². The third-order valence-electron chi connectivity index (χ3n) is 4.40. The van der Waals surface area contributed by atoms with Crippen LogP contribution in [-0.4, -0.2) is 61.8 Å². The molecule has 120 valence electrons. The molecule has 0 bridgehead atoms. The standard InChI is InChI=1S/C16H21N7/c1-14-12-16(23-15(19-14)2-3-18-23)22-10-8-20(9-11-22)6-7-21-5-4-17-13-21/h2-5,12-13H,6-11H2,1H3. The maximum atomic E-state index is 4.52. The van der Waals surface area contributed by atoms with E-state index in [1.807, 2.05) is 42.4 Å². The summed E-state index contributed by atoms with van der Waals surface area (Å²) in [6.45, 7) is 8.27. The van der Waals surface area contributed by atoms with Gasteiger partial charge in [-0.05, 0) is 6.92 Å². The highest BCUT2D eigenvalue weighted by Gasteiger charge is 2.19. The molecule has 1 saturated heterocycles. The van der Waals surface area contributed by atoms with E-state index in [0.29, 0.717) is 0 Å². The first-order valence-electron chi connectivity index (χ1n) is 8.04. The number of anilines is 1. The summed E-state index contributed by atoms with van der Waals surface area (Å²) in [4.78, 5) is 13.5. The quantitative estimate of drug-likeness (QED) is 0.721. The molecule has 3 aromatic heterocycles. The molecule has 1 aliphatic rings. The number of piperazine rings is 1. The molecule has 1 aliphatic heterocycles. The Labute approximate surface area is 135 Å². The van der Waals surface area contributed by atoms with Crippen molar-refractivity contribution in [1.82, 2.24) is 29.0 Å². The lowest BCUT2D eigenvalue weighted by atomic mass is 10.3. The molecule has 0 atom stereocenters. The minimum Gasteiger partial charge on any atom is -0.354 e. The van der Waals surface area contributed by atoms with Gasteiger partial charge in [-0.2, -0.15) is 9.61 Å². The highest BCUT2D eigenvalue weighted by atomic mass is 15.4. The van der Waals surface area contributed by atoms with Gasteiger partial charge < -0.3 is 9.47 Å². The monoisotopic (exact) mass is 311 g/mol. The van der Waals surface area contributed by atoms with E-state index in [4.69, 9.17) is 0 Å². The SMILES string of the molecule is Cc1cc(N2CCN(CCn3ccnc3)CC2)n2nccc2n1. The zero-order valence-electron chi connectivity index (χ0n) is 13.3. The van der Waals surface area contributed by atoms with Gasteiger partial charge in [-0.3, -0.25) is 4.90 Å². The minimum atomic E-state index is 0.919. The summed E-state index contributed by atoms with van der Waals surface area (Å²) < 4.78 is 4.07. The molecule has 7 heteroatoms. The van der Waals surface area contributed by atoms with E-state index < -0.39 is 0 Å². The largest absolute Gasteiger partial charge is 0.354 e. The van der Waals surface area contributed by atoms with Crippen LogP contribution in [0.25, 0.3) is 5.65 Å². The molecule has 23 heavy (non-hydrogen) atoms. The Morgan fingerprint density at radius 2 is 1.96 bits per heavy atom. The number of hydrogen-bond donors (Lipinski definition) is 0. The molecular weight excluding hydrogens is 290 g/mol. The Bertz CT molecular complexity index is 769. The van der Waals surface area contributed by atoms with Crippen molar-refractivity contribution in [2.45, 2.75) is 13.5 Å². The van der Waals surface area contributed by atoms with E-state index in [-0.39, 0.29) is 0 Å². The molecule has 0 aliphatic carbocycles. The maximum absolute atomic E-state index is 4.52.